The fourth-order valence-electron chi connectivity index (χ4n) is 4.12. The predicted octanol–water partition coefficient (Wildman–Crippen LogP) is 5.81. The summed E-state index contributed by atoms with van der Waals surface area (Å²) < 4.78 is 10.8. The third-order valence-corrected chi connectivity index (χ3v) is 7.09. The number of thiazole rings is 1. The van der Waals surface area contributed by atoms with E-state index < -0.39 is 29.5 Å². The quantitative estimate of drug-likeness (QED) is 0.251. The second kappa shape index (κ2) is 9.25. The molecule has 1 unspecified atom stereocenters. The van der Waals surface area contributed by atoms with E-state index in [2.05, 4.69) is 4.98 Å². The number of amides is 1. The van der Waals surface area contributed by atoms with Crippen LogP contribution in [0.4, 0.5) is 5.13 Å². The molecule has 5 rings (SSSR count). The molecule has 4 aromatic rings. The first-order valence-corrected chi connectivity index (χ1v) is 12.2. The highest BCUT2D eigenvalue weighted by atomic mass is 35.5. The highest BCUT2D eigenvalue weighted by Gasteiger charge is 2.47. The molecule has 1 aliphatic rings. The molecule has 36 heavy (non-hydrogen) atoms. The van der Waals surface area contributed by atoms with Crippen LogP contribution in [0.1, 0.15) is 44.4 Å². The van der Waals surface area contributed by atoms with Crippen molar-refractivity contribution in [3.63, 3.8) is 0 Å². The van der Waals surface area contributed by atoms with Crippen molar-refractivity contribution < 1.29 is 28.6 Å². The summed E-state index contributed by atoms with van der Waals surface area (Å²) in [4.78, 5) is 45.2. The monoisotopic (exact) mass is 522 g/mol. The van der Waals surface area contributed by atoms with E-state index in [1.807, 2.05) is 6.07 Å². The number of ether oxygens (including phenoxy) is 1. The van der Waals surface area contributed by atoms with Gasteiger partial charge < -0.3 is 14.3 Å². The normalized spacial score (nSPS) is 15.7. The summed E-state index contributed by atoms with van der Waals surface area (Å²) in [5.74, 6) is -2.80. The number of ketones is 1. The highest BCUT2D eigenvalue weighted by Crippen LogP contribution is 2.44. The number of aromatic nitrogens is 1. The Hall–Kier alpha value is -3.95. The molecule has 2 aromatic heterocycles. The molecule has 1 N–H and O–H groups in total. The van der Waals surface area contributed by atoms with Gasteiger partial charge in [-0.1, -0.05) is 53.3 Å². The van der Waals surface area contributed by atoms with Gasteiger partial charge in [0.2, 0.25) is 5.78 Å². The molecule has 182 valence electrons. The minimum absolute atomic E-state index is 0.0260. The maximum Gasteiger partial charge on any atom is 0.350 e. The van der Waals surface area contributed by atoms with Crippen LogP contribution >= 0.6 is 22.9 Å². The average molecular weight is 523 g/mol. The van der Waals surface area contributed by atoms with Crippen LogP contribution in [-0.2, 0) is 9.53 Å². The van der Waals surface area contributed by atoms with Gasteiger partial charge in [-0.2, -0.15) is 0 Å². The van der Waals surface area contributed by atoms with E-state index in [4.69, 9.17) is 20.8 Å². The van der Waals surface area contributed by atoms with Crippen LogP contribution in [0.25, 0.3) is 11.0 Å². The number of furan rings is 1. The summed E-state index contributed by atoms with van der Waals surface area (Å²) in [5, 5.41) is 12.2. The summed E-state index contributed by atoms with van der Waals surface area (Å²) in [6, 6.07) is 14.2. The SMILES string of the molecule is CCOC(=O)c1sc(N2C(=O)C(O)=C(C(=O)c3cc4ccccc4o3)C2c2cccc(Cl)c2)nc1C. The summed E-state index contributed by atoms with van der Waals surface area (Å²) in [6.45, 7) is 3.49. The number of hydrogen-bond donors (Lipinski definition) is 1. The minimum atomic E-state index is -1.06. The van der Waals surface area contributed by atoms with Crippen molar-refractivity contribution in [2.45, 2.75) is 19.9 Å². The fraction of sp³-hybridized carbons (Fsp3) is 0.154. The van der Waals surface area contributed by atoms with Gasteiger partial charge in [-0.05, 0) is 43.7 Å². The van der Waals surface area contributed by atoms with Gasteiger partial charge in [0.1, 0.15) is 10.5 Å². The first-order valence-electron chi connectivity index (χ1n) is 11.0. The van der Waals surface area contributed by atoms with E-state index >= 15 is 0 Å². The number of para-hydroxylation sites is 1. The fourth-order valence-corrected chi connectivity index (χ4v) is 5.31. The number of Topliss-reactive ketones (excluding diaryl/α,β-unsaturated/α-hetero) is 1. The molecule has 10 heteroatoms. The largest absolute Gasteiger partial charge is 0.503 e. The molecule has 0 aliphatic carbocycles. The lowest BCUT2D eigenvalue weighted by Gasteiger charge is -2.24. The summed E-state index contributed by atoms with van der Waals surface area (Å²) in [7, 11) is 0. The molecule has 0 spiro atoms. The first-order chi connectivity index (χ1) is 17.3. The van der Waals surface area contributed by atoms with Gasteiger partial charge in [0.15, 0.2) is 16.7 Å². The smallest absolute Gasteiger partial charge is 0.350 e. The molecule has 0 radical (unpaired) electrons. The molecule has 8 nitrogen and oxygen atoms in total. The van der Waals surface area contributed by atoms with Gasteiger partial charge in [0, 0.05) is 10.4 Å². The highest BCUT2D eigenvalue weighted by molar-refractivity contribution is 7.17. The van der Waals surface area contributed by atoms with E-state index in [1.54, 1.807) is 62.4 Å². The lowest BCUT2D eigenvalue weighted by Crippen LogP contribution is -2.31. The minimum Gasteiger partial charge on any atom is -0.503 e. The van der Waals surface area contributed by atoms with E-state index in [0.717, 1.165) is 11.3 Å². The zero-order chi connectivity index (χ0) is 25.6. The van der Waals surface area contributed by atoms with Gasteiger partial charge in [0.25, 0.3) is 5.91 Å². The van der Waals surface area contributed by atoms with Crippen LogP contribution in [0.3, 0.4) is 0 Å². The van der Waals surface area contributed by atoms with Gasteiger partial charge in [0.05, 0.1) is 23.9 Å². The summed E-state index contributed by atoms with van der Waals surface area (Å²) in [5.41, 5.74) is 1.16. The Bertz CT molecular complexity index is 1540. The second-order valence-electron chi connectivity index (χ2n) is 8.00. The molecule has 1 aliphatic heterocycles. The first kappa shape index (κ1) is 23.8. The second-order valence-corrected chi connectivity index (χ2v) is 9.42. The maximum atomic E-state index is 13.7. The number of halogens is 1. The van der Waals surface area contributed by atoms with Crippen molar-refractivity contribution in [3.8, 4) is 0 Å². The third-order valence-electron chi connectivity index (χ3n) is 5.72. The molecule has 0 fully saturated rings. The number of aliphatic hydroxyl groups excluding tert-OH is 1. The van der Waals surface area contributed by atoms with Gasteiger partial charge in [-0.15, -0.1) is 0 Å². The topological polar surface area (TPSA) is 110 Å². The zero-order valence-corrected chi connectivity index (χ0v) is 20.7. The van der Waals surface area contributed by atoms with Crippen molar-refractivity contribution in [2.24, 2.45) is 0 Å². The number of esters is 1. The lowest BCUT2D eigenvalue weighted by atomic mass is 9.95. The number of carbonyl (C=O) groups excluding carboxylic acids is 3. The molecule has 1 atom stereocenters. The van der Waals surface area contributed by atoms with E-state index in [0.29, 0.717) is 27.2 Å². The maximum absolute atomic E-state index is 13.7. The number of carbonyl (C=O) groups is 3. The van der Waals surface area contributed by atoms with Gasteiger partial charge in [-0.3, -0.25) is 14.5 Å². The summed E-state index contributed by atoms with van der Waals surface area (Å²) in [6.07, 6.45) is 0. The van der Waals surface area contributed by atoms with E-state index in [9.17, 15) is 19.5 Å². The molecule has 0 saturated heterocycles. The van der Waals surface area contributed by atoms with E-state index in [-0.39, 0.29) is 27.9 Å². The number of aliphatic hydroxyl groups is 1. The van der Waals surface area contributed by atoms with Crippen LogP contribution in [0.2, 0.25) is 5.02 Å². The third kappa shape index (κ3) is 3.96. The Morgan fingerprint density at radius 2 is 1.97 bits per heavy atom. The number of anilines is 1. The number of aryl methyl sites for hydroxylation is 1. The van der Waals surface area contributed by atoms with Crippen LogP contribution < -0.4 is 4.90 Å². The number of nitrogens with zero attached hydrogens (tertiary/aromatic N) is 2. The molecular formula is C26H19ClN2O6S. The lowest BCUT2D eigenvalue weighted by molar-refractivity contribution is -0.117. The Labute approximate surface area is 214 Å². The Balaban J connectivity index is 1.64. The van der Waals surface area contributed by atoms with Crippen molar-refractivity contribution in [2.75, 3.05) is 11.5 Å². The van der Waals surface area contributed by atoms with E-state index in [1.165, 1.54) is 4.90 Å². The molecular weight excluding hydrogens is 504 g/mol. The van der Waals surface area contributed by atoms with Crippen LogP contribution in [-0.4, -0.2) is 34.4 Å². The molecule has 0 saturated carbocycles. The van der Waals surface area contributed by atoms with Crippen LogP contribution in [0.5, 0.6) is 0 Å². The predicted molar refractivity (Wildman–Crippen MR) is 135 cm³/mol. The Morgan fingerprint density at radius 3 is 2.69 bits per heavy atom. The Kier molecular flexibility index (Phi) is 6.11. The number of fused-ring (bicyclic) bond motifs is 1. The zero-order valence-electron chi connectivity index (χ0n) is 19.1. The van der Waals surface area contributed by atoms with Crippen molar-refractivity contribution >= 4 is 56.7 Å². The van der Waals surface area contributed by atoms with Gasteiger partial charge in [-0.25, -0.2) is 9.78 Å². The van der Waals surface area contributed by atoms with Gasteiger partial charge >= 0.3 is 5.97 Å². The number of rotatable bonds is 6. The molecule has 3 heterocycles. The Morgan fingerprint density at radius 1 is 1.19 bits per heavy atom. The standard InChI is InChI=1S/C26H19ClN2O6S/c1-3-34-25(33)23-13(2)28-26(36-23)29-20(15-8-6-9-16(27)11-15)19(22(31)24(29)32)21(30)18-12-14-7-4-5-10-17(14)35-18/h4-12,20,31H,3H2,1-2H3. The number of benzene rings is 2. The van der Waals surface area contributed by atoms with Crippen molar-refractivity contribution in [1.29, 1.82) is 0 Å². The molecule has 0 bridgehead atoms. The molecule has 2 aromatic carbocycles. The number of hydrogen-bond acceptors (Lipinski definition) is 8. The molecule has 1 amide bonds. The van der Waals surface area contributed by atoms with Crippen LogP contribution in [0, 0.1) is 6.92 Å². The summed E-state index contributed by atoms with van der Waals surface area (Å²) >= 11 is 7.17. The average Bonchev–Trinajstić information content (AvgIpc) is 3.53. The van der Waals surface area contributed by atoms with Crippen LogP contribution in [0.15, 0.2) is 70.3 Å². The van der Waals surface area contributed by atoms with Crippen molar-refractivity contribution in [1.82, 2.24) is 4.98 Å². The van der Waals surface area contributed by atoms with Crippen molar-refractivity contribution in [3.05, 3.63) is 92.8 Å².